The Morgan fingerprint density at radius 3 is 2.75 bits per heavy atom. The molecule has 16 heavy (non-hydrogen) atoms. The average molecular weight is 218 g/mol. The van der Waals surface area contributed by atoms with Crippen LogP contribution < -0.4 is 10.4 Å². The number of benzene rings is 1. The van der Waals surface area contributed by atoms with Crippen molar-refractivity contribution in [1.29, 1.82) is 0 Å². The van der Waals surface area contributed by atoms with E-state index >= 15 is 0 Å². The molecule has 0 saturated heterocycles. The van der Waals surface area contributed by atoms with Gasteiger partial charge in [-0.25, -0.2) is 0 Å². The van der Waals surface area contributed by atoms with Gasteiger partial charge in [0.05, 0.1) is 11.7 Å². The van der Waals surface area contributed by atoms with E-state index in [9.17, 15) is 4.79 Å². The first-order chi connectivity index (χ1) is 7.65. The number of hydrazine groups is 1. The molecule has 1 aromatic carbocycles. The lowest BCUT2D eigenvalue weighted by molar-refractivity contribution is -0.121. The molecule has 0 bridgehead atoms. The zero-order valence-corrected chi connectivity index (χ0v) is 10.0. The maximum atomic E-state index is 11.5. The summed E-state index contributed by atoms with van der Waals surface area (Å²) in [5, 5.41) is 1.99. The first-order valence-electron chi connectivity index (χ1n) is 5.82. The van der Waals surface area contributed by atoms with Gasteiger partial charge in [0, 0.05) is 12.3 Å². The fourth-order valence-electron chi connectivity index (χ4n) is 2.17. The molecule has 2 rings (SSSR count). The number of rotatable bonds is 2. The van der Waals surface area contributed by atoms with Crippen LogP contribution in [0.25, 0.3) is 0 Å². The van der Waals surface area contributed by atoms with Gasteiger partial charge in [-0.3, -0.25) is 15.2 Å². The standard InChI is InChI=1S/C13H18N2O/c1-4-13(16)14-15-10(3)9(2)11-7-5-6-8-12(11)15/h5-10H,4H2,1-3H3,(H,14,16). The van der Waals surface area contributed by atoms with Gasteiger partial charge in [-0.05, 0) is 18.6 Å². The smallest absolute Gasteiger partial charge is 0.238 e. The molecule has 1 N–H and O–H groups in total. The van der Waals surface area contributed by atoms with Crippen molar-refractivity contribution in [2.45, 2.75) is 39.2 Å². The van der Waals surface area contributed by atoms with Crippen molar-refractivity contribution in [3.63, 3.8) is 0 Å². The second kappa shape index (κ2) is 4.16. The molecule has 1 aliphatic heterocycles. The largest absolute Gasteiger partial charge is 0.282 e. The van der Waals surface area contributed by atoms with Gasteiger partial charge < -0.3 is 0 Å². The molecule has 1 amide bonds. The molecule has 2 atom stereocenters. The summed E-state index contributed by atoms with van der Waals surface area (Å²) in [4.78, 5) is 11.5. The Hall–Kier alpha value is -1.51. The van der Waals surface area contributed by atoms with E-state index in [4.69, 9.17) is 0 Å². The first-order valence-corrected chi connectivity index (χ1v) is 5.82. The molecule has 0 spiro atoms. The average Bonchev–Trinajstić information content (AvgIpc) is 2.55. The second-order valence-corrected chi connectivity index (χ2v) is 4.35. The van der Waals surface area contributed by atoms with Gasteiger partial charge in [-0.1, -0.05) is 32.0 Å². The highest BCUT2D eigenvalue weighted by Crippen LogP contribution is 2.38. The van der Waals surface area contributed by atoms with Crippen LogP contribution in [0.15, 0.2) is 24.3 Å². The van der Waals surface area contributed by atoms with Gasteiger partial charge in [-0.15, -0.1) is 0 Å². The molecule has 1 heterocycles. The number of carbonyl (C=O) groups is 1. The summed E-state index contributed by atoms with van der Waals surface area (Å²) in [6, 6.07) is 8.56. The number of anilines is 1. The minimum Gasteiger partial charge on any atom is -0.282 e. The fraction of sp³-hybridized carbons (Fsp3) is 0.462. The predicted molar refractivity (Wildman–Crippen MR) is 65.2 cm³/mol. The van der Waals surface area contributed by atoms with Crippen LogP contribution in [0.3, 0.4) is 0 Å². The molecule has 1 aromatic rings. The number of amides is 1. The third-order valence-electron chi connectivity index (χ3n) is 3.38. The number of hydrogen-bond donors (Lipinski definition) is 1. The van der Waals surface area contributed by atoms with Crippen molar-refractivity contribution < 1.29 is 4.79 Å². The van der Waals surface area contributed by atoms with E-state index in [0.717, 1.165) is 5.69 Å². The number of para-hydroxylation sites is 1. The topological polar surface area (TPSA) is 32.3 Å². The lowest BCUT2D eigenvalue weighted by Crippen LogP contribution is -2.46. The van der Waals surface area contributed by atoms with Gasteiger partial charge >= 0.3 is 0 Å². The van der Waals surface area contributed by atoms with E-state index in [1.54, 1.807) is 0 Å². The Kier molecular flexibility index (Phi) is 2.86. The van der Waals surface area contributed by atoms with Crippen LogP contribution in [0.5, 0.6) is 0 Å². The molecule has 3 nitrogen and oxygen atoms in total. The zero-order valence-electron chi connectivity index (χ0n) is 10.0. The maximum absolute atomic E-state index is 11.5. The van der Waals surface area contributed by atoms with E-state index in [2.05, 4.69) is 31.4 Å². The summed E-state index contributed by atoms with van der Waals surface area (Å²) in [6.45, 7) is 6.20. The van der Waals surface area contributed by atoms with Crippen molar-refractivity contribution in [3.05, 3.63) is 29.8 Å². The van der Waals surface area contributed by atoms with E-state index < -0.39 is 0 Å². The van der Waals surface area contributed by atoms with Gasteiger partial charge in [0.15, 0.2) is 0 Å². The predicted octanol–water partition coefficient (Wildman–Crippen LogP) is 2.44. The summed E-state index contributed by atoms with van der Waals surface area (Å²) in [5.74, 6) is 0.518. The van der Waals surface area contributed by atoms with Crippen molar-refractivity contribution in [2.75, 3.05) is 5.01 Å². The van der Waals surface area contributed by atoms with Crippen molar-refractivity contribution >= 4 is 11.6 Å². The van der Waals surface area contributed by atoms with Crippen molar-refractivity contribution in [3.8, 4) is 0 Å². The summed E-state index contributed by atoms with van der Waals surface area (Å²) >= 11 is 0. The van der Waals surface area contributed by atoms with Crippen LogP contribution in [0, 0.1) is 0 Å². The quantitative estimate of drug-likeness (QED) is 0.827. The molecule has 0 aliphatic carbocycles. The maximum Gasteiger partial charge on any atom is 0.238 e. The number of carbonyl (C=O) groups excluding carboxylic acids is 1. The Labute approximate surface area is 96.4 Å². The number of nitrogens with one attached hydrogen (secondary N) is 1. The van der Waals surface area contributed by atoms with Crippen LogP contribution in [0.4, 0.5) is 5.69 Å². The molecule has 0 radical (unpaired) electrons. The molecule has 86 valence electrons. The highest BCUT2D eigenvalue weighted by molar-refractivity contribution is 5.79. The Morgan fingerprint density at radius 2 is 2.06 bits per heavy atom. The number of hydrogen-bond acceptors (Lipinski definition) is 2. The van der Waals surface area contributed by atoms with Gasteiger partial charge in [0.1, 0.15) is 0 Å². The first kappa shape index (κ1) is 11.0. The highest BCUT2D eigenvalue weighted by Gasteiger charge is 2.32. The van der Waals surface area contributed by atoms with Gasteiger partial charge in [0.25, 0.3) is 0 Å². The number of nitrogens with zero attached hydrogens (tertiary/aromatic N) is 1. The fourth-order valence-corrected chi connectivity index (χ4v) is 2.17. The Bertz CT molecular complexity index is 403. The van der Waals surface area contributed by atoms with E-state index in [1.807, 2.05) is 24.1 Å². The summed E-state index contributed by atoms with van der Waals surface area (Å²) in [5.41, 5.74) is 5.40. The van der Waals surface area contributed by atoms with Crippen molar-refractivity contribution in [2.24, 2.45) is 0 Å². The molecule has 0 saturated carbocycles. The van der Waals surface area contributed by atoms with E-state index in [1.165, 1.54) is 5.56 Å². The molecule has 2 unspecified atom stereocenters. The molecular weight excluding hydrogens is 200 g/mol. The highest BCUT2D eigenvalue weighted by atomic mass is 16.2. The van der Waals surface area contributed by atoms with Gasteiger partial charge in [-0.2, -0.15) is 0 Å². The number of fused-ring (bicyclic) bond motifs is 1. The summed E-state index contributed by atoms with van der Waals surface area (Å²) < 4.78 is 0. The van der Waals surface area contributed by atoms with Crippen LogP contribution in [-0.4, -0.2) is 11.9 Å². The molecule has 0 aromatic heterocycles. The van der Waals surface area contributed by atoms with E-state index in [-0.39, 0.29) is 5.91 Å². The van der Waals surface area contributed by atoms with E-state index in [0.29, 0.717) is 18.4 Å². The van der Waals surface area contributed by atoms with Crippen LogP contribution in [-0.2, 0) is 4.79 Å². The molecule has 3 heteroatoms. The Balaban J connectivity index is 2.30. The summed E-state index contributed by atoms with van der Waals surface area (Å²) in [6.07, 6.45) is 0.514. The van der Waals surface area contributed by atoms with Gasteiger partial charge in [0.2, 0.25) is 5.91 Å². The zero-order chi connectivity index (χ0) is 11.7. The SMILES string of the molecule is CCC(=O)NN1c2ccccc2C(C)C1C. The van der Waals surface area contributed by atoms with Crippen LogP contribution in [0.2, 0.25) is 0 Å². The minimum atomic E-state index is 0.0655. The summed E-state index contributed by atoms with van der Waals surface area (Å²) in [7, 11) is 0. The lowest BCUT2D eigenvalue weighted by Gasteiger charge is -2.26. The second-order valence-electron chi connectivity index (χ2n) is 4.35. The Morgan fingerprint density at radius 1 is 1.38 bits per heavy atom. The minimum absolute atomic E-state index is 0.0655. The molecule has 1 aliphatic rings. The van der Waals surface area contributed by atoms with Crippen LogP contribution >= 0.6 is 0 Å². The van der Waals surface area contributed by atoms with Crippen molar-refractivity contribution in [1.82, 2.24) is 5.43 Å². The third-order valence-corrected chi connectivity index (χ3v) is 3.38. The monoisotopic (exact) mass is 218 g/mol. The normalized spacial score (nSPS) is 23.1. The molecular formula is C13H18N2O. The van der Waals surface area contributed by atoms with Crippen LogP contribution in [0.1, 0.15) is 38.7 Å². The third kappa shape index (κ3) is 1.66. The molecule has 0 fully saturated rings. The lowest BCUT2D eigenvalue weighted by atomic mass is 9.99.